The van der Waals surface area contributed by atoms with E-state index in [-0.39, 0.29) is 5.97 Å². The molecule has 1 aliphatic rings. The van der Waals surface area contributed by atoms with Gasteiger partial charge in [-0.2, -0.15) is 0 Å². The molecule has 1 fully saturated rings. The van der Waals surface area contributed by atoms with E-state index in [0.717, 1.165) is 42.8 Å². The van der Waals surface area contributed by atoms with Crippen molar-refractivity contribution >= 4 is 5.97 Å². The van der Waals surface area contributed by atoms with Gasteiger partial charge < -0.3 is 14.8 Å². The Bertz CT molecular complexity index is 917. The zero-order valence-corrected chi connectivity index (χ0v) is 16.3. The fraction of sp³-hybridized carbons (Fsp3) is 0.240. The third-order valence-electron chi connectivity index (χ3n) is 5.34. The minimum absolute atomic E-state index is 0.301. The maximum absolute atomic E-state index is 12.9. The Balaban J connectivity index is 1.44. The van der Waals surface area contributed by atoms with Crippen molar-refractivity contribution in [2.24, 2.45) is 0 Å². The molecule has 29 heavy (non-hydrogen) atoms. The van der Waals surface area contributed by atoms with Crippen LogP contribution in [0, 0.1) is 0 Å². The van der Waals surface area contributed by atoms with Crippen molar-refractivity contribution in [2.45, 2.75) is 25.0 Å². The van der Waals surface area contributed by atoms with Crippen molar-refractivity contribution in [3.8, 4) is 5.75 Å². The van der Waals surface area contributed by atoms with E-state index >= 15 is 0 Å². The van der Waals surface area contributed by atoms with Crippen LogP contribution >= 0.6 is 0 Å². The standard InChI is InChI=1S/C25H25NO3/c27-24(29-25(15-17-26-18-16-25)22-9-5-2-6-10-22)21-11-13-23(14-12-21)28-19-20-7-3-1-4-8-20/h1-14,26H,15-19H2. The lowest BCUT2D eigenvalue weighted by atomic mass is 9.84. The molecule has 0 saturated carbocycles. The highest BCUT2D eigenvalue weighted by atomic mass is 16.6. The summed E-state index contributed by atoms with van der Waals surface area (Å²) >= 11 is 0. The number of carbonyl (C=O) groups excluding carboxylic acids is 1. The van der Waals surface area contributed by atoms with Crippen molar-refractivity contribution in [3.05, 3.63) is 102 Å². The summed E-state index contributed by atoms with van der Waals surface area (Å²) in [6, 6.07) is 27.2. The van der Waals surface area contributed by atoms with Gasteiger partial charge in [-0.05, 0) is 48.5 Å². The van der Waals surface area contributed by atoms with Gasteiger partial charge in [-0.3, -0.25) is 0 Å². The van der Waals surface area contributed by atoms with Gasteiger partial charge in [-0.15, -0.1) is 0 Å². The molecule has 0 radical (unpaired) electrons. The summed E-state index contributed by atoms with van der Waals surface area (Å²) in [5, 5.41) is 3.35. The molecule has 4 rings (SSSR count). The number of nitrogens with one attached hydrogen (secondary N) is 1. The summed E-state index contributed by atoms with van der Waals surface area (Å²) in [6.45, 7) is 2.15. The molecule has 4 nitrogen and oxygen atoms in total. The summed E-state index contributed by atoms with van der Waals surface area (Å²) in [6.07, 6.45) is 1.53. The molecule has 3 aromatic carbocycles. The molecular weight excluding hydrogens is 362 g/mol. The maximum atomic E-state index is 12.9. The first-order valence-electron chi connectivity index (χ1n) is 10.0. The van der Waals surface area contributed by atoms with Gasteiger partial charge in [-0.1, -0.05) is 60.7 Å². The average molecular weight is 387 g/mol. The van der Waals surface area contributed by atoms with E-state index in [9.17, 15) is 4.79 Å². The predicted octanol–water partition coefficient (Wildman–Crippen LogP) is 4.70. The molecule has 0 spiro atoms. The van der Waals surface area contributed by atoms with E-state index in [1.807, 2.05) is 72.8 Å². The Hall–Kier alpha value is -3.11. The monoisotopic (exact) mass is 387 g/mol. The number of hydrogen-bond donors (Lipinski definition) is 1. The Labute approximate surface area is 171 Å². The highest BCUT2D eigenvalue weighted by Crippen LogP contribution is 2.35. The molecule has 3 aromatic rings. The molecule has 148 valence electrons. The fourth-order valence-electron chi connectivity index (χ4n) is 3.69. The molecule has 0 aromatic heterocycles. The van der Waals surface area contributed by atoms with Crippen LogP contribution in [0.25, 0.3) is 0 Å². The molecule has 0 bridgehead atoms. The van der Waals surface area contributed by atoms with Crippen molar-refractivity contribution in [2.75, 3.05) is 13.1 Å². The zero-order chi connectivity index (χ0) is 19.9. The Morgan fingerprint density at radius 3 is 2.10 bits per heavy atom. The van der Waals surface area contributed by atoms with Gasteiger partial charge in [0.2, 0.25) is 0 Å². The van der Waals surface area contributed by atoms with E-state index in [0.29, 0.717) is 12.2 Å². The van der Waals surface area contributed by atoms with E-state index < -0.39 is 5.60 Å². The third kappa shape index (κ3) is 4.66. The number of benzene rings is 3. The quantitative estimate of drug-likeness (QED) is 0.623. The van der Waals surface area contributed by atoms with Gasteiger partial charge in [-0.25, -0.2) is 4.79 Å². The van der Waals surface area contributed by atoms with Gasteiger partial charge in [0.25, 0.3) is 0 Å². The third-order valence-corrected chi connectivity index (χ3v) is 5.34. The van der Waals surface area contributed by atoms with Gasteiger partial charge >= 0.3 is 5.97 Å². The second-order valence-corrected chi connectivity index (χ2v) is 7.30. The smallest absolute Gasteiger partial charge is 0.339 e. The molecule has 0 amide bonds. The summed E-state index contributed by atoms with van der Waals surface area (Å²) in [5.74, 6) is 0.426. The molecule has 0 aliphatic carbocycles. The molecule has 1 saturated heterocycles. The van der Waals surface area contributed by atoms with Gasteiger partial charge in [0.15, 0.2) is 0 Å². The minimum atomic E-state index is -0.577. The number of ether oxygens (including phenoxy) is 2. The highest BCUT2D eigenvalue weighted by molar-refractivity contribution is 5.90. The molecule has 1 heterocycles. The lowest BCUT2D eigenvalue weighted by molar-refractivity contribution is -0.0378. The summed E-state index contributed by atoms with van der Waals surface area (Å²) < 4.78 is 11.9. The van der Waals surface area contributed by atoms with Crippen LogP contribution in [0.5, 0.6) is 5.75 Å². The second-order valence-electron chi connectivity index (χ2n) is 7.30. The summed E-state index contributed by atoms with van der Waals surface area (Å²) in [4.78, 5) is 12.9. The van der Waals surface area contributed by atoms with Gasteiger partial charge in [0, 0.05) is 12.8 Å². The number of hydrogen-bond acceptors (Lipinski definition) is 4. The van der Waals surface area contributed by atoms with Crippen LogP contribution in [0.4, 0.5) is 0 Å². The SMILES string of the molecule is O=C(OC1(c2ccccc2)CCNCC1)c1ccc(OCc2ccccc2)cc1. The minimum Gasteiger partial charge on any atom is -0.489 e. The zero-order valence-electron chi connectivity index (χ0n) is 16.3. The number of carbonyl (C=O) groups is 1. The normalized spacial score (nSPS) is 15.4. The highest BCUT2D eigenvalue weighted by Gasteiger charge is 2.38. The predicted molar refractivity (Wildman–Crippen MR) is 113 cm³/mol. The van der Waals surface area contributed by atoms with Crippen LogP contribution in [0.15, 0.2) is 84.9 Å². The molecule has 0 atom stereocenters. The number of esters is 1. The van der Waals surface area contributed by atoms with Crippen molar-refractivity contribution in [1.82, 2.24) is 5.32 Å². The Morgan fingerprint density at radius 1 is 0.828 bits per heavy atom. The van der Waals surface area contributed by atoms with Gasteiger partial charge in [0.1, 0.15) is 18.0 Å². The average Bonchev–Trinajstić information content (AvgIpc) is 2.80. The number of piperidine rings is 1. The molecule has 1 aliphatic heterocycles. The largest absolute Gasteiger partial charge is 0.489 e. The molecule has 0 unspecified atom stereocenters. The molecule has 4 heteroatoms. The molecular formula is C25H25NO3. The Morgan fingerprint density at radius 2 is 1.45 bits per heavy atom. The summed E-state index contributed by atoms with van der Waals surface area (Å²) in [7, 11) is 0. The van der Waals surface area contributed by atoms with Crippen molar-refractivity contribution in [3.63, 3.8) is 0 Å². The van der Waals surface area contributed by atoms with E-state index in [2.05, 4.69) is 5.32 Å². The van der Waals surface area contributed by atoms with Crippen LogP contribution in [0.3, 0.4) is 0 Å². The summed E-state index contributed by atoms with van der Waals surface area (Å²) in [5.41, 5.74) is 2.11. The maximum Gasteiger partial charge on any atom is 0.339 e. The lowest BCUT2D eigenvalue weighted by Gasteiger charge is -2.37. The topological polar surface area (TPSA) is 47.6 Å². The first kappa shape index (κ1) is 19.2. The van der Waals surface area contributed by atoms with Crippen LogP contribution in [-0.2, 0) is 16.9 Å². The van der Waals surface area contributed by atoms with Crippen LogP contribution in [0.2, 0.25) is 0 Å². The molecule has 1 N–H and O–H groups in total. The van der Waals surface area contributed by atoms with E-state index in [1.54, 1.807) is 12.1 Å². The van der Waals surface area contributed by atoms with Crippen LogP contribution < -0.4 is 10.1 Å². The Kier molecular flexibility index (Phi) is 5.92. The lowest BCUT2D eigenvalue weighted by Crippen LogP contribution is -2.43. The number of rotatable bonds is 6. The first-order valence-corrected chi connectivity index (χ1v) is 10.0. The van der Waals surface area contributed by atoms with E-state index in [1.165, 1.54) is 0 Å². The van der Waals surface area contributed by atoms with Crippen molar-refractivity contribution < 1.29 is 14.3 Å². The fourth-order valence-corrected chi connectivity index (χ4v) is 3.69. The van der Waals surface area contributed by atoms with Crippen molar-refractivity contribution in [1.29, 1.82) is 0 Å². The first-order chi connectivity index (χ1) is 14.3. The second kappa shape index (κ2) is 8.93. The van der Waals surface area contributed by atoms with Crippen LogP contribution in [0.1, 0.15) is 34.3 Å². The van der Waals surface area contributed by atoms with Crippen LogP contribution in [-0.4, -0.2) is 19.1 Å². The van der Waals surface area contributed by atoms with E-state index in [4.69, 9.17) is 9.47 Å². The van der Waals surface area contributed by atoms with Gasteiger partial charge in [0.05, 0.1) is 5.56 Å².